The SMILES string of the molecule is COc1cccc2[nH]c(C(=O)NC(CNC(CC3CCNC3=O)C(N)=O)CC(C)(C)C)cc12. The average Bonchev–Trinajstić information content (AvgIpc) is 3.35. The molecule has 1 aromatic carbocycles. The van der Waals surface area contributed by atoms with Gasteiger partial charge in [-0.05, 0) is 42.9 Å². The molecule has 1 aliphatic rings. The fourth-order valence-electron chi connectivity index (χ4n) is 4.34. The standard InChI is InChI=1S/C24H35N5O4/c1-24(2,3)12-15(13-27-18(21(25)30)10-14-8-9-26-22(14)31)28-23(32)19-11-16-17(29-19)6-5-7-20(16)33-4/h5-7,11,14-15,18,27,29H,8-10,12-13H2,1-4H3,(H2,25,30)(H,26,31)(H,28,32). The minimum Gasteiger partial charge on any atom is -0.496 e. The maximum Gasteiger partial charge on any atom is 0.267 e. The van der Waals surface area contributed by atoms with Crippen molar-refractivity contribution in [2.24, 2.45) is 17.1 Å². The summed E-state index contributed by atoms with van der Waals surface area (Å²) in [5, 5.41) is 9.89. The number of nitrogens with one attached hydrogen (secondary N) is 4. The number of hydrogen-bond donors (Lipinski definition) is 5. The van der Waals surface area contributed by atoms with Gasteiger partial charge >= 0.3 is 0 Å². The van der Waals surface area contributed by atoms with E-state index in [-0.39, 0.29) is 29.2 Å². The molecule has 2 heterocycles. The van der Waals surface area contributed by atoms with Crippen molar-refractivity contribution in [2.75, 3.05) is 20.2 Å². The number of fused-ring (bicyclic) bond motifs is 1. The van der Waals surface area contributed by atoms with Gasteiger partial charge in [0.15, 0.2) is 0 Å². The number of methoxy groups -OCH3 is 1. The number of carbonyl (C=O) groups excluding carboxylic acids is 3. The van der Waals surface area contributed by atoms with Gasteiger partial charge in [0.25, 0.3) is 5.91 Å². The van der Waals surface area contributed by atoms with Crippen molar-refractivity contribution in [3.8, 4) is 5.75 Å². The van der Waals surface area contributed by atoms with Gasteiger partial charge in [0.2, 0.25) is 11.8 Å². The van der Waals surface area contributed by atoms with E-state index in [1.54, 1.807) is 13.2 Å². The number of carbonyl (C=O) groups is 3. The Bertz CT molecular complexity index is 1010. The first-order valence-electron chi connectivity index (χ1n) is 11.3. The van der Waals surface area contributed by atoms with Crippen LogP contribution in [0.5, 0.6) is 5.75 Å². The molecular weight excluding hydrogens is 422 g/mol. The lowest BCUT2D eigenvalue weighted by Gasteiger charge is -2.28. The predicted molar refractivity (Wildman–Crippen MR) is 127 cm³/mol. The van der Waals surface area contributed by atoms with Gasteiger partial charge in [-0.1, -0.05) is 26.8 Å². The van der Waals surface area contributed by atoms with E-state index >= 15 is 0 Å². The summed E-state index contributed by atoms with van der Waals surface area (Å²) in [5.74, 6) is -0.326. The van der Waals surface area contributed by atoms with Crippen LogP contribution in [0, 0.1) is 11.3 Å². The molecule has 3 amide bonds. The van der Waals surface area contributed by atoms with Crippen LogP contribution >= 0.6 is 0 Å². The molecule has 33 heavy (non-hydrogen) atoms. The first kappa shape index (κ1) is 24.6. The van der Waals surface area contributed by atoms with Crippen molar-refractivity contribution in [1.29, 1.82) is 0 Å². The summed E-state index contributed by atoms with van der Waals surface area (Å²) < 4.78 is 5.38. The number of aromatic amines is 1. The minimum absolute atomic E-state index is 0.0446. The zero-order chi connectivity index (χ0) is 24.2. The zero-order valence-corrected chi connectivity index (χ0v) is 19.8. The van der Waals surface area contributed by atoms with Crippen molar-refractivity contribution in [1.82, 2.24) is 20.9 Å². The van der Waals surface area contributed by atoms with Crippen LogP contribution in [0.25, 0.3) is 10.9 Å². The van der Waals surface area contributed by atoms with Crippen LogP contribution in [0.4, 0.5) is 0 Å². The minimum atomic E-state index is -0.643. The Morgan fingerprint density at radius 3 is 2.67 bits per heavy atom. The summed E-state index contributed by atoms with van der Waals surface area (Å²) in [6.07, 6.45) is 1.72. The lowest BCUT2D eigenvalue weighted by molar-refractivity contribution is -0.124. The van der Waals surface area contributed by atoms with Crippen LogP contribution in [0.15, 0.2) is 24.3 Å². The van der Waals surface area contributed by atoms with E-state index in [4.69, 9.17) is 10.5 Å². The molecule has 1 aliphatic heterocycles. The highest BCUT2D eigenvalue weighted by Crippen LogP contribution is 2.26. The molecule has 3 rings (SSSR count). The van der Waals surface area contributed by atoms with Gasteiger partial charge in [0, 0.05) is 36.0 Å². The van der Waals surface area contributed by atoms with Crippen LogP contribution in [0.1, 0.15) is 50.5 Å². The predicted octanol–water partition coefficient (Wildman–Crippen LogP) is 1.68. The van der Waals surface area contributed by atoms with E-state index < -0.39 is 11.9 Å². The molecule has 0 bridgehead atoms. The van der Waals surface area contributed by atoms with E-state index in [1.807, 2.05) is 18.2 Å². The second-order valence-corrected chi connectivity index (χ2v) is 9.92. The summed E-state index contributed by atoms with van der Waals surface area (Å²) in [4.78, 5) is 40.1. The second kappa shape index (κ2) is 10.2. The molecule has 9 heteroatoms. The normalized spacial score (nSPS) is 18.1. The molecule has 0 saturated carbocycles. The van der Waals surface area contributed by atoms with Crippen molar-refractivity contribution >= 4 is 28.6 Å². The van der Waals surface area contributed by atoms with Crippen LogP contribution in [0.2, 0.25) is 0 Å². The van der Waals surface area contributed by atoms with Crippen LogP contribution in [-0.4, -0.2) is 55.0 Å². The third-order valence-corrected chi connectivity index (χ3v) is 5.92. The summed E-state index contributed by atoms with van der Waals surface area (Å²) in [5.41, 5.74) is 6.79. The fourth-order valence-corrected chi connectivity index (χ4v) is 4.34. The van der Waals surface area contributed by atoms with Crippen molar-refractivity contribution < 1.29 is 19.1 Å². The second-order valence-electron chi connectivity index (χ2n) is 9.92. The maximum atomic E-state index is 13.1. The van der Waals surface area contributed by atoms with Gasteiger partial charge in [-0.15, -0.1) is 0 Å². The topological polar surface area (TPSA) is 138 Å². The molecule has 1 aromatic heterocycles. The smallest absolute Gasteiger partial charge is 0.267 e. The molecule has 6 N–H and O–H groups in total. The Labute approximate surface area is 194 Å². The average molecular weight is 458 g/mol. The third-order valence-electron chi connectivity index (χ3n) is 5.92. The van der Waals surface area contributed by atoms with E-state index in [0.29, 0.717) is 43.8 Å². The zero-order valence-electron chi connectivity index (χ0n) is 19.8. The first-order chi connectivity index (χ1) is 15.6. The molecule has 1 fully saturated rings. The number of nitrogens with two attached hydrogens (primary N) is 1. The number of amides is 3. The van der Waals surface area contributed by atoms with E-state index in [2.05, 4.69) is 41.7 Å². The fraction of sp³-hybridized carbons (Fsp3) is 0.542. The van der Waals surface area contributed by atoms with E-state index in [1.165, 1.54) is 0 Å². The number of rotatable bonds is 10. The third kappa shape index (κ3) is 6.47. The Morgan fingerprint density at radius 1 is 1.30 bits per heavy atom. The van der Waals surface area contributed by atoms with Crippen molar-refractivity contribution in [2.45, 2.75) is 52.1 Å². The lowest BCUT2D eigenvalue weighted by Crippen LogP contribution is -2.50. The maximum absolute atomic E-state index is 13.1. The van der Waals surface area contributed by atoms with Crippen LogP contribution < -0.4 is 26.4 Å². The van der Waals surface area contributed by atoms with Gasteiger partial charge in [-0.25, -0.2) is 0 Å². The van der Waals surface area contributed by atoms with Gasteiger partial charge in [-0.3, -0.25) is 14.4 Å². The van der Waals surface area contributed by atoms with Crippen LogP contribution in [-0.2, 0) is 9.59 Å². The van der Waals surface area contributed by atoms with Gasteiger partial charge in [0.05, 0.1) is 13.2 Å². The molecular formula is C24H35N5O4. The molecule has 180 valence electrons. The quantitative estimate of drug-likeness (QED) is 0.369. The number of aromatic nitrogens is 1. The highest BCUT2D eigenvalue weighted by atomic mass is 16.5. The van der Waals surface area contributed by atoms with Crippen molar-refractivity contribution in [3.63, 3.8) is 0 Å². The largest absolute Gasteiger partial charge is 0.496 e. The molecule has 2 aromatic rings. The molecule has 9 nitrogen and oxygen atoms in total. The van der Waals surface area contributed by atoms with E-state index in [9.17, 15) is 14.4 Å². The van der Waals surface area contributed by atoms with Gasteiger partial charge < -0.3 is 31.4 Å². The lowest BCUT2D eigenvalue weighted by atomic mass is 9.87. The summed E-state index contributed by atoms with van der Waals surface area (Å²) in [7, 11) is 1.59. The Kier molecular flexibility index (Phi) is 7.63. The number of ether oxygens (including phenoxy) is 1. The molecule has 3 unspecified atom stereocenters. The Morgan fingerprint density at radius 2 is 2.06 bits per heavy atom. The molecule has 0 spiro atoms. The van der Waals surface area contributed by atoms with Crippen molar-refractivity contribution in [3.05, 3.63) is 30.0 Å². The Hall–Kier alpha value is -3.07. The number of primary amides is 1. The summed E-state index contributed by atoms with van der Waals surface area (Å²) >= 11 is 0. The summed E-state index contributed by atoms with van der Waals surface area (Å²) in [6.45, 7) is 7.25. The first-order valence-corrected chi connectivity index (χ1v) is 11.3. The van der Waals surface area contributed by atoms with Crippen LogP contribution in [0.3, 0.4) is 0 Å². The Balaban J connectivity index is 1.70. The van der Waals surface area contributed by atoms with Gasteiger partial charge in [0.1, 0.15) is 11.4 Å². The molecule has 0 aliphatic carbocycles. The highest BCUT2D eigenvalue weighted by Gasteiger charge is 2.30. The molecule has 1 saturated heterocycles. The number of benzene rings is 1. The van der Waals surface area contributed by atoms with Gasteiger partial charge in [-0.2, -0.15) is 0 Å². The number of H-pyrrole nitrogens is 1. The summed E-state index contributed by atoms with van der Waals surface area (Å²) in [6, 6.07) is 6.48. The monoisotopic (exact) mass is 457 g/mol. The van der Waals surface area contributed by atoms with E-state index in [0.717, 1.165) is 10.9 Å². The highest BCUT2D eigenvalue weighted by molar-refractivity contribution is 5.99. The number of hydrogen-bond acceptors (Lipinski definition) is 5. The molecule has 0 radical (unpaired) electrons. The molecule has 3 atom stereocenters.